The van der Waals surface area contributed by atoms with Gasteiger partial charge in [0.05, 0.1) is 0 Å². The van der Waals surface area contributed by atoms with Crippen molar-refractivity contribution < 1.29 is 4.79 Å². The maximum atomic E-state index is 12.1. The van der Waals surface area contributed by atoms with Gasteiger partial charge in [0.1, 0.15) is 0 Å². The number of fused-ring (bicyclic) bond motifs is 5. The number of hydrogen-bond acceptors (Lipinski definition) is 1. The monoisotopic (exact) mass is 380 g/mol. The molecule has 1 nitrogen and oxygen atoms in total. The molecule has 0 saturated heterocycles. The number of hydrogen-bond donors (Lipinski definition) is 0. The molecular weight excluding hydrogens is 340 g/mol. The summed E-state index contributed by atoms with van der Waals surface area (Å²) in [6, 6.07) is 0. The zero-order valence-electron chi connectivity index (χ0n) is 18.8. The molecule has 1 heteroatoms. The Morgan fingerprint density at radius 1 is 1.04 bits per heavy atom. The van der Waals surface area contributed by atoms with Crippen LogP contribution in [0.15, 0.2) is 35.5 Å². The van der Waals surface area contributed by atoms with E-state index in [0.29, 0.717) is 22.7 Å². The first-order chi connectivity index (χ1) is 13.3. The number of ketones is 1. The molecule has 0 heterocycles. The minimum Gasteiger partial charge on any atom is -0.295 e. The van der Waals surface area contributed by atoms with Crippen molar-refractivity contribution >= 4 is 5.78 Å². The van der Waals surface area contributed by atoms with Crippen LogP contribution in [0.5, 0.6) is 0 Å². The fourth-order valence-corrected chi connectivity index (χ4v) is 7.51. The van der Waals surface area contributed by atoms with Crippen molar-refractivity contribution in [1.29, 1.82) is 0 Å². The van der Waals surface area contributed by atoms with Gasteiger partial charge in [-0.3, -0.25) is 4.79 Å². The zero-order chi connectivity index (χ0) is 20.1. The molecular formula is C27H40O. The highest BCUT2D eigenvalue weighted by atomic mass is 16.1. The van der Waals surface area contributed by atoms with Crippen LogP contribution in [0.3, 0.4) is 0 Å². The lowest BCUT2D eigenvalue weighted by atomic mass is 9.50. The molecule has 0 aromatic carbocycles. The maximum Gasteiger partial charge on any atom is 0.157 e. The Balaban J connectivity index is 1.57. The lowest BCUT2D eigenvalue weighted by molar-refractivity contribution is -0.117. The van der Waals surface area contributed by atoms with Gasteiger partial charge in [0.15, 0.2) is 5.78 Å². The van der Waals surface area contributed by atoms with E-state index in [1.54, 1.807) is 11.1 Å². The van der Waals surface area contributed by atoms with Crippen molar-refractivity contribution in [1.82, 2.24) is 0 Å². The van der Waals surface area contributed by atoms with Crippen molar-refractivity contribution in [2.45, 2.75) is 86.0 Å². The summed E-state index contributed by atoms with van der Waals surface area (Å²) in [7, 11) is 0. The van der Waals surface area contributed by atoms with Crippen LogP contribution < -0.4 is 0 Å². The predicted octanol–water partition coefficient (Wildman–Crippen LogP) is 7.29. The maximum absolute atomic E-state index is 12.1. The van der Waals surface area contributed by atoms with Gasteiger partial charge in [0, 0.05) is 5.92 Å². The molecule has 3 saturated carbocycles. The Morgan fingerprint density at radius 2 is 1.82 bits per heavy atom. The minimum atomic E-state index is 0.107. The summed E-state index contributed by atoms with van der Waals surface area (Å²) in [6.45, 7) is 11.5. The summed E-state index contributed by atoms with van der Waals surface area (Å²) in [5.74, 6) is 3.13. The van der Waals surface area contributed by atoms with Crippen molar-refractivity contribution in [2.75, 3.05) is 0 Å². The molecule has 28 heavy (non-hydrogen) atoms. The molecule has 0 aromatic rings. The second-order valence-corrected chi connectivity index (χ2v) is 11.1. The zero-order valence-corrected chi connectivity index (χ0v) is 18.8. The van der Waals surface area contributed by atoms with E-state index in [4.69, 9.17) is 0 Å². The topological polar surface area (TPSA) is 17.1 Å². The molecule has 0 spiro atoms. The van der Waals surface area contributed by atoms with Gasteiger partial charge in [-0.05, 0) is 85.5 Å². The third kappa shape index (κ3) is 3.08. The first kappa shape index (κ1) is 20.2. The molecule has 0 N–H and O–H groups in total. The molecule has 0 aromatic heterocycles. The standard InChI is InChI=1S/C27H40O/c1-18(2)25(28)14-9-19(3)22-12-13-23-21-11-10-20-8-6-7-16-26(20,4)24(21)15-17-27(22,23)5/h9-11,14,18-19,22-24H,6-8,12-13,15-17H2,1-5H3/t19-,22-,23+,24+,26+,27-/m1/s1. The van der Waals surface area contributed by atoms with E-state index in [2.05, 4.69) is 39.0 Å². The lowest BCUT2D eigenvalue weighted by Gasteiger charge is -2.54. The SMILES string of the molecule is CC(C)C(=O)C=C[C@@H](C)[C@H]1CC[C@H]2C3=CC=C4CCCC[C@]4(C)[C@H]3CC[C@]12C. The van der Waals surface area contributed by atoms with E-state index < -0.39 is 0 Å². The largest absolute Gasteiger partial charge is 0.295 e. The van der Waals surface area contributed by atoms with Crippen LogP contribution in [0.25, 0.3) is 0 Å². The molecule has 0 aliphatic heterocycles. The lowest BCUT2D eigenvalue weighted by Crippen LogP contribution is -2.45. The molecule has 0 unspecified atom stereocenters. The van der Waals surface area contributed by atoms with Crippen LogP contribution in [0.2, 0.25) is 0 Å². The molecule has 4 rings (SSSR count). The third-order valence-electron chi connectivity index (χ3n) is 9.33. The molecule has 0 amide bonds. The highest BCUT2D eigenvalue weighted by molar-refractivity contribution is 5.91. The number of carbonyl (C=O) groups is 1. The highest BCUT2D eigenvalue weighted by Crippen LogP contribution is 2.65. The van der Waals surface area contributed by atoms with Gasteiger partial charge in [-0.1, -0.05) is 70.4 Å². The first-order valence-corrected chi connectivity index (χ1v) is 11.9. The molecule has 3 fully saturated rings. The van der Waals surface area contributed by atoms with Crippen LogP contribution in [-0.2, 0) is 4.79 Å². The summed E-state index contributed by atoms with van der Waals surface area (Å²) in [4.78, 5) is 12.1. The van der Waals surface area contributed by atoms with Crippen LogP contribution in [0, 0.1) is 40.4 Å². The molecule has 0 bridgehead atoms. The van der Waals surface area contributed by atoms with Crippen LogP contribution in [-0.4, -0.2) is 5.78 Å². The Labute approximate surface area is 172 Å². The number of carbonyl (C=O) groups excluding carboxylic acids is 1. The van der Waals surface area contributed by atoms with Crippen LogP contribution >= 0.6 is 0 Å². The van der Waals surface area contributed by atoms with Crippen molar-refractivity contribution in [3.05, 3.63) is 35.5 Å². The summed E-state index contributed by atoms with van der Waals surface area (Å²) < 4.78 is 0. The second kappa shape index (κ2) is 7.29. The second-order valence-electron chi connectivity index (χ2n) is 11.1. The average molecular weight is 381 g/mol. The van der Waals surface area contributed by atoms with Gasteiger partial charge in [-0.15, -0.1) is 0 Å². The van der Waals surface area contributed by atoms with Gasteiger partial charge in [-0.25, -0.2) is 0 Å². The van der Waals surface area contributed by atoms with Crippen LogP contribution in [0.1, 0.15) is 86.0 Å². The predicted molar refractivity (Wildman–Crippen MR) is 118 cm³/mol. The fourth-order valence-electron chi connectivity index (χ4n) is 7.51. The van der Waals surface area contributed by atoms with E-state index in [0.717, 1.165) is 11.8 Å². The smallest absolute Gasteiger partial charge is 0.157 e. The third-order valence-corrected chi connectivity index (χ3v) is 9.33. The van der Waals surface area contributed by atoms with Gasteiger partial charge < -0.3 is 0 Å². The average Bonchev–Trinajstić information content (AvgIpc) is 3.02. The summed E-state index contributed by atoms with van der Waals surface area (Å²) in [6.07, 6.45) is 20.1. The Morgan fingerprint density at radius 3 is 2.57 bits per heavy atom. The van der Waals surface area contributed by atoms with Crippen molar-refractivity contribution in [3.8, 4) is 0 Å². The summed E-state index contributed by atoms with van der Waals surface area (Å²) >= 11 is 0. The summed E-state index contributed by atoms with van der Waals surface area (Å²) in [5.41, 5.74) is 4.38. The van der Waals surface area contributed by atoms with Gasteiger partial charge >= 0.3 is 0 Å². The normalized spacial score (nSPS) is 41.1. The molecule has 154 valence electrons. The van der Waals surface area contributed by atoms with E-state index >= 15 is 0 Å². The fraction of sp³-hybridized carbons (Fsp3) is 0.741. The Hall–Kier alpha value is -1.11. The Bertz CT molecular complexity index is 723. The van der Waals surface area contributed by atoms with E-state index in [1.807, 2.05) is 19.9 Å². The van der Waals surface area contributed by atoms with Gasteiger partial charge in [0.25, 0.3) is 0 Å². The van der Waals surface area contributed by atoms with Gasteiger partial charge in [-0.2, -0.15) is 0 Å². The summed E-state index contributed by atoms with van der Waals surface area (Å²) in [5, 5.41) is 0. The number of rotatable bonds is 4. The number of allylic oxidation sites excluding steroid dienone is 6. The van der Waals surface area contributed by atoms with Gasteiger partial charge in [0.2, 0.25) is 0 Å². The molecule has 0 radical (unpaired) electrons. The highest BCUT2D eigenvalue weighted by Gasteiger charge is 2.56. The van der Waals surface area contributed by atoms with E-state index in [-0.39, 0.29) is 11.7 Å². The van der Waals surface area contributed by atoms with E-state index in [9.17, 15) is 4.79 Å². The van der Waals surface area contributed by atoms with Crippen LogP contribution in [0.4, 0.5) is 0 Å². The molecule has 6 atom stereocenters. The minimum absolute atomic E-state index is 0.107. The van der Waals surface area contributed by atoms with E-state index in [1.165, 1.54) is 51.4 Å². The Kier molecular flexibility index (Phi) is 5.26. The van der Waals surface area contributed by atoms with Crippen molar-refractivity contribution in [2.24, 2.45) is 40.4 Å². The first-order valence-electron chi connectivity index (χ1n) is 11.9. The van der Waals surface area contributed by atoms with Crippen molar-refractivity contribution in [3.63, 3.8) is 0 Å². The quantitative estimate of drug-likeness (QED) is 0.468. The molecule has 4 aliphatic carbocycles. The molecule has 4 aliphatic rings.